The first kappa shape index (κ1) is 13.1. The van der Waals surface area contributed by atoms with Crippen LogP contribution < -0.4 is 0 Å². The molecule has 1 fully saturated rings. The van der Waals surface area contributed by atoms with Gasteiger partial charge in [-0.3, -0.25) is 4.79 Å². The van der Waals surface area contributed by atoms with Gasteiger partial charge in [0.2, 0.25) is 5.91 Å². The number of benzene rings is 1. The highest BCUT2D eigenvalue weighted by Crippen LogP contribution is 2.28. The second kappa shape index (κ2) is 5.11. The number of aliphatic hydroxyl groups excluding tert-OH is 1. The Balaban J connectivity index is 1.87. The Morgan fingerprint density at radius 3 is 2.50 bits per heavy atom. The van der Waals surface area contributed by atoms with Crippen molar-refractivity contribution >= 4 is 5.91 Å². The topological polar surface area (TPSA) is 40.5 Å². The molecule has 1 aromatic carbocycles. The Kier molecular flexibility index (Phi) is 3.71. The quantitative estimate of drug-likeness (QED) is 0.883. The molecule has 0 aliphatic carbocycles. The molecule has 18 heavy (non-hydrogen) atoms. The number of carbonyl (C=O) groups is 1. The van der Waals surface area contributed by atoms with Gasteiger partial charge in [-0.15, -0.1) is 0 Å². The van der Waals surface area contributed by atoms with Crippen molar-refractivity contribution < 1.29 is 9.90 Å². The average molecular weight is 247 g/mol. The molecule has 3 heteroatoms. The van der Waals surface area contributed by atoms with Crippen molar-refractivity contribution in [2.45, 2.75) is 38.2 Å². The summed E-state index contributed by atoms with van der Waals surface area (Å²) >= 11 is 0. The van der Waals surface area contributed by atoms with E-state index in [-0.39, 0.29) is 17.4 Å². The van der Waals surface area contributed by atoms with Crippen molar-refractivity contribution in [3.8, 4) is 0 Å². The van der Waals surface area contributed by atoms with Gasteiger partial charge in [0.25, 0.3) is 0 Å². The molecule has 2 rings (SSSR count). The molecule has 3 nitrogen and oxygen atoms in total. The van der Waals surface area contributed by atoms with Crippen molar-refractivity contribution in [2.24, 2.45) is 0 Å². The van der Waals surface area contributed by atoms with Crippen molar-refractivity contribution in [3.05, 3.63) is 35.9 Å². The van der Waals surface area contributed by atoms with Crippen LogP contribution in [-0.4, -0.2) is 35.1 Å². The third-order valence-electron chi connectivity index (χ3n) is 3.73. The average Bonchev–Trinajstić information content (AvgIpc) is 2.33. The SMILES string of the molecule is CC(C)(CCC(=O)N1CC(O)C1)c1ccccc1. The van der Waals surface area contributed by atoms with Crippen LogP contribution in [0.1, 0.15) is 32.3 Å². The van der Waals surface area contributed by atoms with Crippen LogP contribution >= 0.6 is 0 Å². The van der Waals surface area contributed by atoms with E-state index >= 15 is 0 Å². The molecule has 98 valence electrons. The van der Waals surface area contributed by atoms with Gasteiger partial charge in [-0.1, -0.05) is 44.2 Å². The van der Waals surface area contributed by atoms with Gasteiger partial charge >= 0.3 is 0 Å². The van der Waals surface area contributed by atoms with Crippen molar-refractivity contribution in [3.63, 3.8) is 0 Å². The van der Waals surface area contributed by atoms with Gasteiger partial charge in [-0.2, -0.15) is 0 Å². The summed E-state index contributed by atoms with van der Waals surface area (Å²) in [6.45, 7) is 5.34. The molecule has 1 heterocycles. The van der Waals surface area contributed by atoms with Crippen LogP contribution in [0.5, 0.6) is 0 Å². The molecule has 0 bridgehead atoms. The van der Waals surface area contributed by atoms with Gasteiger partial charge in [-0.05, 0) is 17.4 Å². The molecule has 1 aliphatic heterocycles. The van der Waals surface area contributed by atoms with E-state index in [4.69, 9.17) is 0 Å². The molecule has 1 saturated heterocycles. The predicted molar refractivity (Wildman–Crippen MR) is 71.3 cm³/mol. The highest BCUT2D eigenvalue weighted by Gasteiger charge is 2.30. The summed E-state index contributed by atoms with van der Waals surface area (Å²) < 4.78 is 0. The minimum Gasteiger partial charge on any atom is -0.389 e. The lowest BCUT2D eigenvalue weighted by molar-refractivity contribution is -0.141. The highest BCUT2D eigenvalue weighted by molar-refractivity contribution is 5.77. The molecule has 1 amide bonds. The molecular weight excluding hydrogens is 226 g/mol. The lowest BCUT2D eigenvalue weighted by atomic mass is 9.80. The molecule has 1 aromatic rings. The summed E-state index contributed by atoms with van der Waals surface area (Å²) in [6.07, 6.45) is 1.08. The summed E-state index contributed by atoms with van der Waals surface area (Å²) in [4.78, 5) is 13.6. The Morgan fingerprint density at radius 1 is 1.33 bits per heavy atom. The molecule has 1 N–H and O–H groups in total. The van der Waals surface area contributed by atoms with E-state index in [1.54, 1.807) is 4.90 Å². The largest absolute Gasteiger partial charge is 0.389 e. The molecule has 0 radical (unpaired) electrons. The standard InChI is InChI=1S/C15H21NO2/c1-15(2,12-6-4-3-5-7-12)9-8-14(18)16-10-13(17)11-16/h3-7,13,17H,8-11H2,1-2H3. The first-order valence-electron chi connectivity index (χ1n) is 6.50. The van der Waals surface area contributed by atoms with Gasteiger partial charge in [0.05, 0.1) is 6.10 Å². The molecule has 0 atom stereocenters. The number of rotatable bonds is 4. The van der Waals surface area contributed by atoms with E-state index in [2.05, 4.69) is 26.0 Å². The summed E-state index contributed by atoms with van der Waals surface area (Å²) in [7, 11) is 0. The number of carbonyl (C=O) groups excluding carboxylic acids is 1. The van der Waals surface area contributed by atoms with Crippen molar-refractivity contribution in [1.29, 1.82) is 0 Å². The number of hydrogen-bond acceptors (Lipinski definition) is 2. The first-order valence-corrected chi connectivity index (χ1v) is 6.50. The lowest BCUT2D eigenvalue weighted by Crippen LogP contribution is -2.53. The molecular formula is C15H21NO2. The zero-order valence-electron chi connectivity index (χ0n) is 11.1. The van der Waals surface area contributed by atoms with Crippen LogP contribution in [0.4, 0.5) is 0 Å². The van der Waals surface area contributed by atoms with E-state index in [0.29, 0.717) is 19.5 Å². The van der Waals surface area contributed by atoms with E-state index < -0.39 is 0 Å². The minimum atomic E-state index is -0.309. The lowest BCUT2D eigenvalue weighted by Gasteiger charge is -2.36. The number of nitrogens with zero attached hydrogens (tertiary/aromatic N) is 1. The minimum absolute atomic E-state index is 0.0143. The zero-order chi connectivity index (χ0) is 13.2. The maximum Gasteiger partial charge on any atom is 0.222 e. The zero-order valence-corrected chi connectivity index (χ0v) is 11.1. The number of likely N-dealkylation sites (tertiary alicyclic amines) is 1. The third kappa shape index (κ3) is 2.91. The van der Waals surface area contributed by atoms with Crippen molar-refractivity contribution in [2.75, 3.05) is 13.1 Å². The fourth-order valence-corrected chi connectivity index (χ4v) is 2.27. The van der Waals surface area contributed by atoms with Crippen LogP contribution in [-0.2, 0) is 10.2 Å². The van der Waals surface area contributed by atoms with Gasteiger partial charge in [0.15, 0.2) is 0 Å². The second-order valence-corrected chi connectivity index (χ2v) is 5.70. The summed E-state index contributed by atoms with van der Waals surface area (Å²) in [5.74, 6) is 0.157. The van der Waals surface area contributed by atoms with E-state index in [1.807, 2.05) is 18.2 Å². The predicted octanol–water partition coefficient (Wildman–Crippen LogP) is 1.95. The fourth-order valence-electron chi connectivity index (χ4n) is 2.27. The van der Waals surface area contributed by atoms with E-state index in [1.165, 1.54) is 5.56 Å². The third-order valence-corrected chi connectivity index (χ3v) is 3.73. The molecule has 0 aromatic heterocycles. The van der Waals surface area contributed by atoms with Crippen LogP contribution in [0, 0.1) is 0 Å². The van der Waals surface area contributed by atoms with E-state index in [9.17, 15) is 9.90 Å². The van der Waals surface area contributed by atoms with Gasteiger partial charge in [0, 0.05) is 19.5 Å². The molecule has 0 unspecified atom stereocenters. The highest BCUT2D eigenvalue weighted by atomic mass is 16.3. The first-order chi connectivity index (χ1) is 8.49. The maximum absolute atomic E-state index is 11.9. The van der Waals surface area contributed by atoms with Crippen LogP contribution in [0.25, 0.3) is 0 Å². The van der Waals surface area contributed by atoms with E-state index in [0.717, 1.165) is 6.42 Å². The number of hydrogen-bond donors (Lipinski definition) is 1. The Hall–Kier alpha value is -1.35. The monoisotopic (exact) mass is 247 g/mol. The Bertz CT molecular complexity index is 408. The number of β-amino-alcohol motifs (C(OH)–C–C–N with tert-alkyl or cyclic N) is 1. The smallest absolute Gasteiger partial charge is 0.222 e. The Morgan fingerprint density at radius 2 is 1.94 bits per heavy atom. The van der Waals surface area contributed by atoms with Crippen LogP contribution in [0.2, 0.25) is 0 Å². The van der Waals surface area contributed by atoms with Crippen LogP contribution in [0.15, 0.2) is 30.3 Å². The Labute approximate surface area is 108 Å². The summed E-state index contributed by atoms with van der Waals surface area (Å²) in [6, 6.07) is 10.3. The summed E-state index contributed by atoms with van der Waals surface area (Å²) in [5.41, 5.74) is 1.28. The molecule has 1 aliphatic rings. The second-order valence-electron chi connectivity index (χ2n) is 5.70. The number of amides is 1. The molecule has 0 saturated carbocycles. The maximum atomic E-state index is 11.9. The van der Waals surface area contributed by atoms with Gasteiger partial charge in [0.1, 0.15) is 0 Å². The summed E-state index contributed by atoms with van der Waals surface area (Å²) in [5, 5.41) is 9.18. The van der Waals surface area contributed by atoms with Crippen LogP contribution in [0.3, 0.4) is 0 Å². The van der Waals surface area contributed by atoms with Gasteiger partial charge in [-0.25, -0.2) is 0 Å². The number of aliphatic hydroxyl groups is 1. The fraction of sp³-hybridized carbons (Fsp3) is 0.533. The molecule has 0 spiro atoms. The normalized spacial score (nSPS) is 16.5. The van der Waals surface area contributed by atoms with Crippen molar-refractivity contribution in [1.82, 2.24) is 4.90 Å². The van der Waals surface area contributed by atoms with Gasteiger partial charge < -0.3 is 10.0 Å².